The first-order valence-corrected chi connectivity index (χ1v) is 5.97. The lowest BCUT2D eigenvalue weighted by Crippen LogP contribution is -2.19. The van der Waals surface area contributed by atoms with Gasteiger partial charge in [0, 0.05) is 5.69 Å². The van der Waals surface area contributed by atoms with Crippen molar-refractivity contribution < 1.29 is 27.7 Å². The second-order valence-electron chi connectivity index (χ2n) is 3.24. The van der Waals surface area contributed by atoms with Gasteiger partial charge in [-0.25, -0.2) is 4.79 Å². The van der Waals surface area contributed by atoms with Gasteiger partial charge in [-0.1, -0.05) is 6.58 Å². The summed E-state index contributed by atoms with van der Waals surface area (Å²) in [6.07, 6.45) is 0. The van der Waals surface area contributed by atoms with Crippen molar-refractivity contribution in [3.8, 4) is 0 Å². The SMILES string of the molecule is C=C(C(=O)O)C(=O)Nc1ccc(S(=O)(=O)O)cc1. The fourth-order valence-corrected chi connectivity index (χ4v) is 1.49. The van der Waals surface area contributed by atoms with Gasteiger partial charge in [0.05, 0.1) is 4.90 Å². The highest BCUT2D eigenvalue weighted by atomic mass is 32.2. The Hall–Kier alpha value is -2.19. The number of aliphatic carboxylic acids is 1. The van der Waals surface area contributed by atoms with Crippen LogP contribution < -0.4 is 5.32 Å². The molecule has 0 bridgehead atoms. The van der Waals surface area contributed by atoms with Crippen molar-refractivity contribution >= 4 is 27.7 Å². The Morgan fingerprint density at radius 3 is 2.06 bits per heavy atom. The van der Waals surface area contributed by atoms with Crippen LogP contribution in [0.4, 0.5) is 5.69 Å². The molecule has 1 rings (SSSR count). The molecule has 0 atom stereocenters. The molecule has 0 saturated heterocycles. The van der Waals surface area contributed by atoms with Crippen LogP contribution in [0.25, 0.3) is 0 Å². The second-order valence-corrected chi connectivity index (χ2v) is 4.66. The number of carbonyl (C=O) groups excluding carboxylic acids is 1. The van der Waals surface area contributed by atoms with E-state index in [2.05, 4.69) is 11.9 Å². The number of carboxylic acids is 1. The van der Waals surface area contributed by atoms with Crippen molar-refractivity contribution in [1.82, 2.24) is 0 Å². The average Bonchev–Trinajstić information content (AvgIpc) is 2.27. The summed E-state index contributed by atoms with van der Waals surface area (Å²) in [4.78, 5) is 21.4. The molecule has 1 aromatic carbocycles. The molecule has 0 fully saturated rings. The summed E-state index contributed by atoms with van der Waals surface area (Å²) >= 11 is 0. The molecule has 1 amide bonds. The summed E-state index contributed by atoms with van der Waals surface area (Å²) in [5.74, 6) is -2.37. The highest BCUT2D eigenvalue weighted by Crippen LogP contribution is 2.14. The van der Waals surface area contributed by atoms with Gasteiger partial charge in [0.2, 0.25) is 0 Å². The largest absolute Gasteiger partial charge is 0.478 e. The van der Waals surface area contributed by atoms with E-state index >= 15 is 0 Å². The fraction of sp³-hybridized carbons (Fsp3) is 0. The van der Waals surface area contributed by atoms with Crippen molar-refractivity contribution in [3.63, 3.8) is 0 Å². The zero-order chi connectivity index (χ0) is 13.9. The van der Waals surface area contributed by atoms with Gasteiger partial charge < -0.3 is 10.4 Å². The summed E-state index contributed by atoms with van der Waals surface area (Å²) in [6, 6.07) is 4.54. The minimum Gasteiger partial charge on any atom is -0.478 e. The van der Waals surface area contributed by atoms with E-state index in [4.69, 9.17) is 9.66 Å². The van der Waals surface area contributed by atoms with Crippen LogP contribution in [0.3, 0.4) is 0 Å². The zero-order valence-electron chi connectivity index (χ0n) is 8.95. The predicted octanol–water partition coefficient (Wildman–Crippen LogP) is 0.513. The molecule has 0 radical (unpaired) electrons. The van der Waals surface area contributed by atoms with Crippen LogP contribution in [0, 0.1) is 0 Å². The Morgan fingerprint density at radius 2 is 1.67 bits per heavy atom. The van der Waals surface area contributed by atoms with Crippen molar-refractivity contribution in [2.45, 2.75) is 4.90 Å². The van der Waals surface area contributed by atoms with E-state index in [1.165, 1.54) is 12.1 Å². The molecular formula is C10H9NO6S. The van der Waals surface area contributed by atoms with Gasteiger partial charge in [-0.3, -0.25) is 9.35 Å². The first-order valence-electron chi connectivity index (χ1n) is 4.53. The van der Waals surface area contributed by atoms with Gasteiger partial charge in [-0.15, -0.1) is 0 Å². The van der Waals surface area contributed by atoms with Crippen LogP contribution in [0.15, 0.2) is 41.3 Å². The van der Waals surface area contributed by atoms with E-state index in [-0.39, 0.29) is 10.6 Å². The molecule has 7 nitrogen and oxygen atoms in total. The van der Waals surface area contributed by atoms with E-state index in [9.17, 15) is 18.0 Å². The van der Waals surface area contributed by atoms with E-state index in [1.54, 1.807) is 0 Å². The van der Waals surface area contributed by atoms with Gasteiger partial charge in [0.15, 0.2) is 0 Å². The highest BCUT2D eigenvalue weighted by Gasteiger charge is 2.15. The summed E-state index contributed by atoms with van der Waals surface area (Å²) in [5, 5.41) is 10.7. The summed E-state index contributed by atoms with van der Waals surface area (Å²) < 4.78 is 30.2. The van der Waals surface area contributed by atoms with Crippen LogP contribution in [0.5, 0.6) is 0 Å². The van der Waals surface area contributed by atoms with E-state index < -0.39 is 27.6 Å². The van der Waals surface area contributed by atoms with Crippen molar-refractivity contribution in [2.24, 2.45) is 0 Å². The van der Waals surface area contributed by atoms with Gasteiger partial charge in [-0.2, -0.15) is 8.42 Å². The van der Waals surface area contributed by atoms with Crippen molar-refractivity contribution in [2.75, 3.05) is 5.32 Å². The number of carboxylic acid groups (broad SMARTS) is 1. The number of carbonyl (C=O) groups is 2. The monoisotopic (exact) mass is 271 g/mol. The van der Waals surface area contributed by atoms with Crippen molar-refractivity contribution in [3.05, 3.63) is 36.4 Å². The van der Waals surface area contributed by atoms with Crippen LogP contribution in [0.2, 0.25) is 0 Å². The Morgan fingerprint density at radius 1 is 1.17 bits per heavy atom. The van der Waals surface area contributed by atoms with Gasteiger partial charge in [-0.05, 0) is 24.3 Å². The van der Waals surface area contributed by atoms with E-state index in [0.29, 0.717) is 0 Å². The number of benzene rings is 1. The molecular weight excluding hydrogens is 262 g/mol. The molecule has 1 aromatic rings. The first kappa shape index (κ1) is 13.9. The normalized spacial score (nSPS) is 10.7. The molecule has 0 heterocycles. The molecule has 0 spiro atoms. The predicted molar refractivity (Wildman–Crippen MR) is 61.7 cm³/mol. The van der Waals surface area contributed by atoms with Gasteiger partial charge in [0.1, 0.15) is 5.57 Å². The van der Waals surface area contributed by atoms with Gasteiger partial charge >= 0.3 is 5.97 Å². The fourth-order valence-electron chi connectivity index (χ4n) is 1.01. The van der Waals surface area contributed by atoms with Crippen molar-refractivity contribution in [1.29, 1.82) is 0 Å². The number of anilines is 1. The summed E-state index contributed by atoms with van der Waals surface area (Å²) in [5.41, 5.74) is -0.469. The number of rotatable bonds is 4. The smallest absolute Gasteiger partial charge is 0.340 e. The summed E-state index contributed by atoms with van der Waals surface area (Å²) in [6.45, 7) is 3.06. The maximum atomic E-state index is 11.3. The molecule has 0 aliphatic carbocycles. The van der Waals surface area contributed by atoms with Gasteiger partial charge in [0.25, 0.3) is 16.0 Å². The number of amides is 1. The van der Waals surface area contributed by atoms with Crippen LogP contribution >= 0.6 is 0 Å². The quantitative estimate of drug-likeness (QED) is 0.317. The van der Waals surface area contributed by atoms with Crippen LogP contribution in [-0.4, -0.2) is 30.0 Å². The molecule has 3 N–H and O–H groups in total. The first-order chi connectivity index (χ1) is 8.21. The van der Waals surface area contributed by atoms with E-state index in [0.717, 1.165) is 12.1 Å². The Labute approximate surface area is 102 Å². The Balaban J connectivity index is 2.86. The third-order valence-corrected chi connectivity index (χ3v) is 2.81. The van der Waals surface area contributed by atoms with Crippen LogP contribution in [0.1, 0.15) is 0 Å². The molecule has 96 valence electrons. The number of hydrogen-bond acceptors (Lipinski definition) is 4. The maximum Gasteiger partial charge on any atom is 0.340 e. The lowest BCUT2D eigenvalue weighted by Gasteiger charge is -2.05. The lowest BCUT2D eigenvalue weighted by atomic mass is 10.2. The average molecular weight is 271 g/mol. The van der Waals surface area contributed by atoms with Crippen LogP contribution in [-0.2, 0) is 19.7 Å². The molecule has 0 aromatic heterocycles. The second kappa shape index (κ2) is 4.98. The third kappa shape index (κ3) is 3.40. The summed E-state index contributed by atoms with van der Waals surface area (Å²) in [7, 11) is -4.30. The number of hydrogen-bond donors (Lipinski definition) is 3. The van der Waals surface area contributed by atoms with E-state index in [1.807, 2.05) is 0 Å². The molecule has 18 heavy (non-hydrogen) atoms. The molecule has 0 saturated carbocycles. The minimum atomic E-state index is -4.30. The highest BCUT2D eigenvalue weighted by molar-refractivity contribution is 7.85. The zero-order valence-corrected chi connectivity index (χ0v) is 9.77. The maximum absolute atomic E-state index is 11.3. The molecule has 0 unspecified atom stereocenters. The number of nitrogens with one attached hydrogen (secondary N) is 1. The standard InChI is InChI=1S/C10H9NO6S/c1-6(10(13)14)9(12)11-7-2-4-8(5-3-7)18(15,16)17/h2-5H,1H2,(H,11,12)(H,13,14)(H,15,16,17). The third-order valence-electron chi connectivity index (χ3n) is 1.94. The molecule has 0 aliphatic heterocycles. The molecule has 0 aliphatic rings. The minimum absolute atomic E-state index is 0.176. The molecule has 8 heteroatoms. The lowest BCUT2D eigenvalue weighted by molar-refractivity contribution is -0.134. The topological polar surface area (TPSA) is 121 Å². The Kier molecular flexibility index (Phi) is 3.84. The Bertz CT molecular complexity index is 602.